The first-order chi connectivity index (χ1) is 18.4. The van der Waals surface area contributed by atoms with E-state index in [1.54, 1.807) is 0 Å². The van der Waals surface area contributed by atoms with E-state index in [4.69, 9.17) is 4.74 Å². The van der Waals surface area contributed by atoms with Crippen LogP contribution in [0.25, 0.3) is 0 Å². The molecule has 39 heavy (non-hydrogen) atoms. The molecule has 5 rings (SSSR count). The van der Waals surface area contributed by atoms with Crippen molar-refractivity contribution in [2.24, 2.45) is 46.3 Å². The highest BCUT2D eigenvalue weighted by Crippen LogP contribution is 2.69. The van der Waals surface area contributed by atoms with Crippen LogP contribution in [0.4, 0.5) is 0 Å². The monoisotopic (exact) mass is 534 g/mol. The van der Waals surface area contributed by atoms with Gasteiger partial charge < -0.3 is 9.84 Å². The lowest BCUT2D eigenvalue weighted by Crippen LogP contribution is -2.55. The highest BCUT2D eigenvalue weighted by molar-refractivity contribution is 5.89. The predicted molar refractivity (Wildman–Crippen MR) is 159 cm³/mol. The van der Waals surface area contributed by atoms with Crippen molar-refractivity contribution in [2.75, 3.05) is 0 Å². The zero-order chi connectivity index (χ0) is 28.1. The lowest BCUT2D eigenvalue weighted by Gasteiger charge is -2.62. The van der Waals surface area contributed by atoms with Crippen molar-refractivity contribution < 1.29 is 14.6 Å². The molecule has 0 aliphatic heterocycles. The third-order valence-electron chi connectivity index (χ3n) is 12.8. The normalized spacial score (nSPS) is 41.8. The van der Waals surface area contributed by atoms with E-state index in [1.807, 2.05) is 36.4 Å². The molecule has 1 N–H and O–H groups in total. The number of benzene rings is 1. The number of esters is 1. The second-order valence-electron chi connectivity index (χ2n) is 15.3. The summed E-state index contributed by atoms with van der Waals surface area (Å²) < 4.78 is 6.13. The molecular formula is C36H54O3. The van der Waals surface area contributed by atoms with Crippen molar-refractivity contribution in [1.29, 1.82) is 0 Å². The van der Waals surface area contributed by atoms with Crippen LogP contribution in [0.2, 0.25) is 0 Å². The van der Waals surface area contributed by atoms with E-state index in [2.05, 4.69) is 41.2 Å². The van der Waals surface area contributed by atoms with Crippen LogP contribution in [0.15, 0.2) is 43.0 Å². The molecule has 4 fully saturated rings. The van der Waals surface area contributed by atoms with Gasteiger partial charge in [0.25, 0.3) is 0 Å². The summed E-state index contributed by atoms with van der Waals surface area (Å²) in [5, 5.41) is 10.8. The Morgan fingerprint density at radius 3 is 2.49 bits per heavy atom. The summed E-state index contributed by atoms with van der Waals surface area (Å²) in [7, 11) is 0. The lowest BCUT2D eigenvalue weighted by atomic mass is 9.43. The first-order valence-corrected chi connectivity index (χ1v) is 16.0. The molecule has 0 unspecified atom stereocenters. The molecule has 4 saturated carbocycles. The molecule has 3 nitrogen and oxygen atoms in total. The molecule has 0 spiro atoms. The van der Waals surface area contributed by atoms with Gasteiger partial charge in [-0.1, -0.05) is 45.0 Å². The highest BCUT2D eigenvalue weighted by atomic mass is 16.6. The Kier molecular flexibility index (Phi) is 7.90. The van der Waals surface area contributed by atoms with Crippen molar-refractivity contribution >= 4 is 5.97 Å². The van der Waals surface area contributed by atoms with Crippen molar-refractivity contribution in [1.82, 2.24) is 0 Å². The van der Waals surface area contributed by atoms with Gasteiger partial charge in [0.15, 0.2) is 0 Å². The molecule has 0 saturated heterocycles. The van der Waals surface area contributed by atoms with E-state index < -0.39 is 11.2 Å². The summed E-state index contributed by atoms with van der Waals surface area (Å²) in [6.45, 7) is 15.8. The molecule has 4 aliphatic rings. The molecule has 10 atom stereocenters. The third kappa shape index (κ3) is 5.39. The fourth-order valence-corrected chi connectivity index (χ4v) is 10.5. The zero-order valence-corrected chi connectivity index (χ0v) is 25.4. The first-order valence-electron chi connectivity index (χ1n) is 16.0. The number of carbonyl (C=O) groups is 1. The Labute approximate surface area is 238 Å². The zero-order valence-electron chi connectivity index (χ0n) is 25.4. The number of aliphatic hydroxyl groups is 1. The van der Waals surface area contributed by atoms with E-state index in [1.165, 1.54) is 44.9 Å². The second-order valence-corrected chi connectivity index (χ2v) is 15.3. The molecule has 0 bridgehead atoms. The summed E-state index contributed by atoms with van der Waals surface area (Å²) in [5.41, 5.74) is 0.497. The fourth-order valence-electron chi connectivity index (χ4n) is 10.5. The van der Waals surface area contributed by atoms with Crippen molar-refractivity contribution in [3.8, 4) is 0 Å². The summed E-state index contributed by atoms with van der Waals surface area (Å²) >= 11 is 0. The Morgan fingerprint density at radius 2 is 1.77 bits per heavy atom. The van der Waals surface area contributed by atoms with E-state index >= 15 is 0 Å². The first kappa shape index (κ1) is 28.9. The van der Waals surface area contributed by atoms with Crippen LogP contribution in [-0.4, -0.2) is 22.3 Å². The molecule has 0 amide bonds. The highest BCUT2D eigenvalue weighted by Gasteiger charge is 2.61. The summed E-state index contributed by atoms with van der Waals surface area (Å²) in [6, 6.07) is 9.37. The molecule has 0 radical (unpaired) electrons. The van der Waals surface area contributed by atoms with Gasteiger partial charge >= 0.3 is 5.97 Å². The number of hydrogen-bond acceptors (Lipinski definition) is 3. The predicted octanol–water partition coefficient (Wildman–Crippen LogP) is 9.00. The Hall–Kier alpha value is -1.61. The quantitative estimate of drug-likeness (QED) is 0.267. The van der Waals surface area contributed by atoms with Crippen molar-refractivity contribution in [3.63, 3.8) is 0 Å². The summed E-state index contributed by atoms with van der Waals surface area (Å²) in [4.78, 5) is 12.9. The van der Waals surface area contributed by atoms with Crippen LogP contribution in [-0.2, 0) is 4.74 Å². The van der Waals surface area contributed by atoms with Gasteiger partial charge in [0.05, 0.1) is 11.2 Å². The van der Waals surface area contributed by atoms with Crippen molar-refractivity contribution in [2.45, 2.75) is 123 Å². The molecule has 1 aromatic rings. The minimum atomic E-state index is -0.519. The van der Waals surface area contributed by atoms with Gasteiger partial charge in [0.2, 0.25) is 0 Å². The van der Waals surface area contributed by atoms with Gasteiger partial charge in [-0.3, -0.25) is 0 Å². The maximum atomic E-state index is 12.9. The van der Waals surface area contributed by atoms with Crippen molar-refractivity contribution in [3.05, 3.63) is 48.6 Å². The van der Waals surface area contributed by atoms with E-state index in [0.29, 0.717) is 34.7 Å². The number of fused-ring (bicyclic) bond motifs is 5. The third-order valence-corrected chi connectivity index (χ3v) is 12.8. The number of carbonyl (C=O) groups excluding carboxylic acids is 1. The van der Waals surface area contributed by atoms with Gasteiger partial charge in [-0.15, -0.1) is 6.58 Å². The summed E-state index contributed by atoms with van der Waals surface area (Å²) in [5.74, 6) is 4.39. The van der Waals surface area contributed by atoms with Gasteiger partial charge in [-0.05, 0) is 143 Å². The Bertz CT molecular complexity index is 1030. The molecule has 3 heteroatoms. The molecule has 0 aromatic heterocycles. The average Bonchev–Trinajstić information content (AvgIpc) is 3.25. The smallest absolute Gasteiger partial charge is 0.338 e. The lowest BCUT2D eigenvalue weighted by molar-refractivity contribution is -0.148. The number of hydrogen-bond donors (Lipinski definition) is 1. The molecule has 0 heterocycles. The average molecular weight is 535 g/mol. The van der Waals surface area contributed by atoms with Gasteiger partial charge in [0, 0.05) is 6.42 Å². The number of ether oxygens (including phenoxy) is 1. The van der Waals surface area contributed by atoms with Gasteiger partial charge in [0.1, 0.15) is 5.60 Å². The van der Waals surface area contributed by atoms with E-state index in [-0.39, 0.29) is 5.97 Å². The van der Waals surface area contributed by atoms with Crippen LogP contribution >= 0.6 is 0 Å². The second kappa shape index (κ2) is 10.7. The van der Waals surface area contributed by atoms with Crippen LogP contribution in [0, 0.1) is 46.3 Å². The maximum absolute atomic E-state index is 12.9. The molecular weight excluding hydrogens is 480 g/mol. The molecule has 216 valence electrons. The topological polar surface area (TPSA) is 46.5 Å². The van der Waals surface area contributed by atoms with Crippen LogP contribution in [0.1, 0.15) is 122 Å². The minimum absolute atomic E-state index is 0.229. The molecule has 1 aromatic carbocycles. The fraction of sp³-hybridized carbons (Fsp3) is 0.750. The minimum Gasteiger partial charge on any atom is -0.455 e. The van der Waals surface area contributed by atoms with E-state index in [0.717, 1.165) is 49.4 Å². The van der Waals surface area contributed by atoms with Crippen LogP contribution < -0.4 is 0 Å². The number of rotatable bonds is 8. The van der Waals surface area contributed by atoms with E-state index in [9.17, 15) is 9.90 Å². The molecule has 4 aliphatic carbocycles. The Balaban J connectivity index is 1.24. The summed E-state index contributed by atoms with van der Waals surface area (Å²) in [6.07, 6.45) is 15.9. The van der Waals surface area contributed by atoms with Gasteiger partial charge in [-0.25, -0.2) is 4.79 Å². The SMILES string of the molecule is C=CC[C@@](C)(CC[C@@H](C)[C@H]1CC[C@H]2[C@@H]3CC[C@H]4C[C@@](C)(O)CC[C@]4(C)[C@H]3CC[C@]12C)OC(=O)c1ccccc1. The van der Waals surface area contributed by atoms with Gasteiger partial charge in [-0.2, -0.15) is 0 Å². The standard InChI is InChI=1S/C36H54O3/c1-7-19-34(4,39-32(37)26-11-9-8-10-12-26)20-17-25(2)29-15-16-30-28-14-13-27-24-33(3,38)22-23-35(27,5)31(28)18-21-36(29,30)6/h7-12,25,27-31,38H,1,13-24H2,2-6H3/t25-,27+,28+,29-,30+,31+,33+,34+,35+,36-/m1/s1. The largest absolute Gasteiger partial charge is 0.455 e. The maximum Gasteiger partial charge on any atom is 0.338 e. The van der Waals surface area contributed by atoms with Crippen LogP contribution in [0.3, 0.4) is 0 Å². The Morgan fingerprint density at radius 1 is 1.05 bits per heavy atom. The van der Waals surface area contributed by atoms with Crippen LogP contribution in [0.5, 0.6) is 0 Å².